The fourth-order valence-electron chi connectivity index (χ4n) is 2.94. The van der Waals surface area contributed by atoms with E-state index in [1.165, 1.54) is 32.1 Å². The molecule has 0 heterocycles. The van der Waals surface area contributed by atoms with Crippen molar-refractivity contribution in [2.24, 2.45) is 0 Å². The van der Waals surface area contributed by atoms with Gasteiger partial charge in [-0.1, -0.05) is 19.3 Å². The molecule has 4 heteroatoms. The maximum atomic E-state index is 9.90. The highest BCUT2D eigenvalue weighted by Crippen LogP contribution is 2.23. The Balaban J connectivity index is 1.47. The zero-order valence-electron chi connectivity index (χ0n) is 12.1. The number of aliphatic hydroxyl groups excluding tert-OH is 1. The van der Waals surface area contributed by atoms with Gasteiger partial charge >= 0.3 is 0 Å². The highest BCUT2D eigenvalue weighted by molar-refractivity contribution is 4.86. The van der Waals surface area contributed by atoms with Gasteiger partial charge in [0.05, 0.1) is 24.9 Å². The van der Waals surface area contributed by atoms with Gasteiger partial charge in [0.15, 0.2) is 0 Å². The Kier molecular flexibility index (Phi) is 6.57. The highest BCUT2D eigenvalue weighted by Gasteiger charge is 2.29. The molecule has 0 spiro atoms. The van der Waals surface area contributed by atoms with Gasteiger partial charge in [-0.05, 0) is 32.6 Å². The first-order chi connectivity index (χ1) is 9.28. The fraction of sp³-hybridized carbons (Fsp3) is 1.00. The molecular weight excluding hydrogens is 242 g/mol. The van der Waals surface area contributed by atoms with E-state index in [9.17, 15) is 5.11 Å². The maximum Gasteiger partial charge on any atom is 0.0897 e. The van der Waals surface area contributed by atoms with Gasteiger partial charge in [0.25, 0.3) is 0 Å². The Bertz CT molecular complexity index is 238. The van der Waals surface area contributed by atoms with Crippen LogP contribution in [-0.2, 0) is 9.47 Å². The lowest BCUT2D eigenvalue weighted by molar-refractivity contribution is -0.0328. The molecule has 19 heavy (non-hydrogen) atoms. The summed E-state index contributed by atoms with van der Waals surface area (Å²) in [7, 11) is 0. The molecule has 2 rings (SSSR count). The summed E-state index contributed by atoms with van der Waals surface area (Å²) in [4.78, 5) is 0. The van der Waals surface area contributed by atoms with Gasteiger partial charge < -0.3 is 19.9 Å². The van der Waals surface area contributed by atoms with Crippen LogP contribution >= 0.6 is 0 Å². The molecule has 0 aromatic carbocycles. The summed E-state index contributed by atoms with van der Waals surface area (Å²) in [6.45, 7) is 3.94. The second-order valence-electron chi connectivity index (χ2n) is 5.90. The predicted molar refractivity (Wildman–Crippen MR) is 75.3 cm³/mol. The van der Waals surface area contributed by atoms with Gasteiger partial charge in [0.2, 0.25) is 0 Å². The van der Waals surface area contributed by atoms with E-state index in [4.69, 9.17) is 9.47 Å². The minimum absolute atomic E-state index is 0.381. The molecule has 2 N–H and O–H groups in total. The molecule has 2 aliphatic carbocycles. The van der Waals surface area contributed by atoms with E-state index in [1.807, 2.05) is 6.92 Å². The molecule has 0 radical (unpaired) electrons. The van der Waals surface area contributed by atoms with Crippen molar-refractivity contribution in [3.63, 3.8) is 0 Å². The molecule has 0 aromatic rings. The van der Waals surface area contributed by atoms with Crippen molar-refractivity contribution >= 4 is 0 Å². The summed E-state index contributed by atoms with van der Waals surface area (Å²) in [5.41, 5.74) is 0. The zero-order valence-corrected chi connectivity index (χ0v) is 12.1. The number of hydrogen-bond acceptors (Lipinski definition) is 4. The van der Waals surface area contributed by atoms with Crippen molar-refractivity contribution in [1.82, 2.24) is 5.32 Å². The van der Waals surface area contributed by atoms with Crippen LogP contribution in [0.2, 0.25) is 0 Å². The average molecular weight is 271 g/mol. The molecule has 0 amide bonds. The first kappa shape index (κ1) is 15.2. The number of rotatable bonds is 8. The van der Waals surface area contributed by atoms with Crippen LogP contribution in [0.15, 0.2) is 0 Å². The Morgan fingerprint density at radius 1 is 1.11 bits per heavy atom. The van der Waals surface area contributed by atoms with Crippen LogP contribution < -0.4 is 5.32 Å². The molecular formula is C15H29NO3. The molecule has 0 aromatic heterocycles. The van der Waals surface area contributed by atoms with Crippen molar-refractivity contribution < 1.29 is 14.6 Å². The maximum absolute atomic E-state index is 9.90. The van der Waals surface area contributed by atoms with Gasteiger partial charge in [-0.15, -0.1) is 0 Å². The molecule has 2 aliphatic rings. The van der Waals surface area contributed by atoms with Crippen molar-refractivity contribution in [2.75, 3.05) is 19.8 Å². The smallest absolute Gasteiger partial charge is 0.0897 e. The monoisotopic (exact) mass is 271 g/mol. The lowest BCUT2D eigenvalue weighted by atomic mass is 9.89. The van der Waals surface area contributed by atoms with Crippen LogP contribution in [0.5, 0.6) is 0 Å². The van der Waals surface area contributed by atoms with Crippen LogP contribution in [0.3, 0.4) is 0 Å². The van der Waals surface area contributed by atoms with Gasteiger partial charge in [-0.25, -0.2) is 0 Å². The van der Waals surface area contributed by atoms with Gasteiger partial charge in [-0.3, -0.25) is 0 Å². The first-order valence-corrected chi connectivity index (χ1v) is 7.92. The number of nitrogens with one attached hydrogen (secondary N) is 1. The van der Waals surface area contributed by atoms with Crippen LogP contribution in [0.1, 0.15) is 51.9 Å². The Hall–Kier alpha value is -0.160. The standard InChI is InChI=1S/C15H29NO3/c1-2-18-15-8-12(9-15)16-10-13(17)11-19-14-6-4-3-5-7-14/h12-17H,2-11H2,1H3. The fourth-order valence-corrected chi connectivity index (χ4v) is 2.94. The second-order valence-corrected chi connectivity index (χ2v) is 5.90. The molecule has 112 valence electrons. The van der Waals surface area contributed by atoms with E-state index in [-0.39, 0.29) is 6.10 Å². The Morgan fingerprint density at radius 3 is 2.53 bits per heavy atom. The van der Waals surface area contributed by atoms with Crippen LogP contribution in [0.4, 0.5) is 0 Å². The minimum Gasteiger partial charge on any atom is -0.389 e. The number of ether oxygens (including phenoxy) is 2. The largest absolute Gasteiger partial charge is 0.389 e. The third-order valence-electron chi connectivity index (χ3n) is 4.22. The molecule has 1 atom stereocenters. The lowest BCUT2D eigenvalue weighted by Crippen LogP contribution is -2.48. The van der Waals surface area contributed by atoms with E-state index >= 15 is 0 Å². The average Bonchev–Trinajstić information content (AvgIpc) is 2.40. The number of aliphatic hydroxyl groups is 1. The van der Waals surface area contributed by atoms with E-state index in [0.717, 1.165) is 19.4 Å². The molecule has 0 bridgehead atoms. The van der Waals surface area contributed by atoms with Crippen molar-refractivity contribution in [3.05, 3.63) is 0 Å². The summed E-state index contributed by atoms with van der Waals surface area (Å²) in [5, 5.41) is 13.3. The summed E-state index contributed by atoms with van der Waals surface area (Å²) >= 11 is 0. The molecule has 4 nitrogen and oxygen atoms in total. The van der Waals surface area contributed by atoms with E-state index in [2.05, 4.69) is 5.32 Å². The molecule has 0 aliphatic heterocycles. The van der Waals surface area contributed by atoms with Gasteiger partial charge in [-0.2, -0.15) is 0 Å². The zero-order chi connectivity index (χ0) is 13.5. The Morgan fingerprint density at radius 2 is 1.84 bits per heavy atom. The highest BCUT2D eigenvalue weighted by atomic mass is 16.5. The minimum atomic E-state index is -0.381. The van der Waals surface area contributed by atoms with Crippen LogP contribution in [0.25, 0.3) is 0 Å². The van der Waals surface area contributed by atoms with Gasteiger partial charge in [0, 0.05) is 19.2 Å². The summed E-state index contributed by atoms with van der Waals surface area (Å²) in [6.07, 6.45) is 8.80. The quantitative estimate of drug-likeness (QED) is 0.707. The van der Waals surface area contributed by atoms with Gasteiger partial charge in [0.1, 0.15) is 0 Å². The number of hydrogen-bond donors (Lipinski definition) is 2. The summed E-state index contributed by atoms with van der Waals surface area (Å²) in [5.74, 6) is 0. The van der Waals surface area contributed by atoms with Crippen LogP contribution in [0, 0.1) is 0 Å². The third kappa shape index (κ3) is 5.38. The van der Waals surface area contributed by atoms with E-state index in [0.29, 0.717) is 31.4 Å². The predicted octanol–water partition coefficient (Wildman–Crippen LogP) is 1.85. The van der Waals surface area contributed by atoms with Crippen molar-refractivity contribution in [2.45, 2.75) is 76.2 Å². The summed E-state index contributed by atoms with van der Waals surface area (Å²) < 4.78 is 11.3. The first-order valence-electron chi connectivity index (χ1n) is 7.92. The molecule has 2 saturated carbocycles. The molecule has 1 unspecified atom stereocenters. The van der Waals surface area contributed by atoms with E-state index in [1.54, 1.807) is 0 Å². The normalized spacial score (nSPS) is 30.0. The van der Waals surface area contributed by atoms with Crippen molar-refractivity contribution in [1.29, 1.82) is 0 Å². The Labute approximate surface area is 116 Å². The topological polar surface area (TPSA) is 50.7 Å². The second kappa shape index (κ2) is 8.20. The molecule has 0 saturated heterocycles. The van der Waals surface area contributed by atoms with Crippen LogP contribution in [-0.4, -0.2) is 49.2 Å². The molecule has 2 fully saturated rings. The van der Waals surface area contributed by atoms with Crippen molar-refractivity contribution in [3.8, 4) is 0 Å². The lowest BCUT2D eigenvalue weighted by Gasteiger charge is -2.36. The third-order valence-corrected chi connectivity index (χ3v) is 4.22. The summed E-state index contributed by atoms with van der Waals surface area (Å²) in [6, 6.07) is 0.515. The van der Waals surface area contributed by atoms with E-state index < -0.39 is 0 Å². The SMILES string of the molecule is CCOC1CC(NCC(O)COC2CCCCC2)C1.